The van der Waals surface area contributed by atoms with Crippen molar-refractivity contribution in [3.63, 3.8) is 0 Å². The van der Waals surface area contributed by atoms with Gasteiger partial charge < -0.3 is 14.8 Å². The van der Waals surface area contributed by atoms with E-state index in [2.05, 4.69) is 5.32 Å². The Labute approximate surface area is 158 Å². The molecule has 26 heavy (non-hydrogen) atoms. The van der Waals surface area contributed by atoms with Gasteiger partial charge in [0.25, 0.3) is 5.91 Å². The molecule has 0 aromatic heterocycles. The fraction of sp³-hybridized carbons (Fsp3) is 0.300. The molecular formula is C20H22ClNO4. The van der Waals surface area contributed by atoms with Gasteiger partial charge in [-0.3, -0.25) is 4.79 Å². The van der Waals surface area contributed by atoms with Crippen LogP contribution in [0.4, 0.5) is 0 Å². The molecule has 1 N–H and O–H groups in total. The van der Waals surface area contributed by atoms with Crippen LogP contribution in [0.5, 0.6) is 5.75 Å². The number of carbonyl (C=O) groups is 2. The summed E-state index contributed by atoms with van der Waals surface area (Å²) in [5, 5.41) is 3.20. The Balaban J connectivity index is 1.95. The zero-order valence-corrected chi connectivity index (χ0v) is 16.0. The second-order valence-electron chi connectivity index (χ2n) is 6.05. The minimum atomic E-state index is -0.668. The van der Waals surface area contributed by atoms with Crippen molar-refractivity contribution in [3.8, 4) is 5.75 Å². The van der Waals surface area contributed by atoms with Gasteiger partial charge in [0.15, 0.2) is 6.61 Å². The highest BCUT2D eigenvalue weighted by molar-refractivity contribution is 6.31. The normalized spacial score (nSPS) is 11.6. The first-order valence-corrected chi connectivity index (χ1v) is 8.56. The summed E-state index contributed by atoms with van der Waals surface area (Å²) >= 11 is 5.90. The van der Waals surface area contributed by atoms with Gasteiger partial charge >= 0.3 is 5.97 Å². The van der Waals surface area contributed by atoms with Gasteiger partial charge in [-0.25, -0.2) is 4.79 Å². The average molecular weight is 376 g/mol. The molecular weight excluding hydrogens is 354 g/mol. The molecule has 0 saturated carbocycles. The molecule has 0 saturated heterocycles. The predicted octanol–water partition coefficient (Wildman–Crippen LogP) is 4.00. The molecule has 0 heterocycles. The van der Waals surface area contributed by atoms with Crippen LogP contribution in [0.2, 0.25) is 5.02 Å². The van der Waals surface area contributed by atoms with Crippen LogP contribution in [0.1, 0.15) is 40.0 Å². The molecule has 0 aliphatic heterocycles. The van der Waals surface area contributed by atoms with Crippen LogP contribution in [-0.2, 0) is 9.53 Å². The number of rotatable bonds is 6. The third-order valence-corrected chi connectivity index (χ3v) is 4.36. The van der Waals surface area contributed by atoms with Crippen molar-refractivity contribution >= 4 is 23.5 Å². The molecule has 0 spiro atoms. The van der Waals surface area contributed by atoms with Gasteiger partial charge in [-0.1, -0.05) is 29.8 Å². The second-order valence-corrected chi connectivity index (χ2v) is 6.49. The van der Waals surface area contributed by atoms with Crippen molar-refractivity contribution in [3.05, 3.63) is 63.7 Å². The van der Waals surface area contributed by atoms with E-state index in [1.54, 1.807) is 12.1 Å². The van der Waals surface area contributed by atoms with Crippen molar-refractivity contribution in [1.29, 1.82) is 0 Å². The van der Waals surface area contributed by atoms with Gasteiger partial charge in [-0.15, -0.1) is 0 Å². The zero-order chi connectivity index (χ0) is 19.3. The van der Waals surface area contributed by atoms with Gasteiger partial charge in [-0.05, 0) is 55.7 Å². The van der Waals surface area contributed by atoms with E-state index in [1.807, 2.05) is 39.0 Å². The van der Waals surface area contributed by atoms with E-state index < -0.39 is 5.97 Å². The quantitative estimate of drug-likeness (QED) is 0.775. The van der Waals surface area contributed by atoms with Crippen LogP contribution in [0, 0.1) is 13.8 Å². The standard InChI is InChI=1S/C20H22ClNO4/c1-12-5-6-15(9-13(12)2)14(3)22-19(23)11-26-20(24)17-10-16(21)7-8-18(17)25-4/h5-10,14H,11H2,1-4H3,(H,22,23)/t14-/m0/s1. The number of methoxy groups -OCH3 is 1. The molecule has 2 aromatic rings. The minimum absolute atomic E-state index is 0.176. The lowest BCUT2D eigenvalue weighted by Crippen LogP contribution is -2.31. The molecule has 1 atom stereocenters. The first-order chi connectivity index (χ1) is 12.3. The molecule has 0 bridgehead atoms. The molecule has 0 fully saturated rings. The molecule has 0 aliphatic rings. The largest absolute Gasteiger partial charge is 0.496 e. The molecule has 5 nitrogen and oxygen atoms in total. The molecule has 2 rings (SSSR count). The van der Waals surface area contributed by atoms with Crippen molar-refractivity contribution in [2.45, 2.75) is 26.8 Å². The van der Waals surface area contributed by atoms with Crippen LogP contribution in [0.25, 0.3) is 0 Å². The van der Waals surface area contributed by atoms with E-state index in [-0.39, 0.29) is 24.1 Å². The van der Waals surface area contributed by atoms with Gasteiger partial charge in [0.2, 0.25) is 0 Å². The van der Waals surface area contributed by atoms with E-state index >= 15 is 0 Å². The number of hydrogen-bond acceptors (Lipinski definition) is 4. The average Bonchev–Trinajstić information content (AvgIpc) is 2.61. The Morgan fingerprint density at radius 1 is 1.12 bits per heavy atom. The summed E-state index contributed by atoms with van der Waals surface area (Å²) < 4.78 is 10.2. The lowest BCUT2D eigenvalue weighted by atomic mass is 10.0. The van der Waals surface area contributed by atoms with E-state index in [0.717, 1.165) is 11.1 Å². The fourth-order valence-corrected chi connectivity index (χ4v) is 2.62. The molecule has 138 valence electrons. The monoisotopic (exact) mass is 375 g/mol. The lowest BCUT2D eigenvalue weighted by molar-refractivity contribution is -0.124. The number of esters is 1. The summed E-state index contributed by atoms with van der Waals surface area (Å²) in [6, 6.07) is 10.4. The Morgan fingerprint density at radius 3 is 2.50 bits per heavy atom. The van der Waals surface area contributed by atoms with E-state index in [0.29, 0.717) is 10.8 Å². The van der Waals surface area contributed by atoms with Gasteiger partial charge in [0.05, 0.1) is 13.2 Å². The number of halogens is 1. The maximum Gasteiger partial charge on any atom is 0.342 e. The molecule has 6 heteroatoms. The summed E-state index contributed by atoms with van der Waals surface area (Å²) in [5.41, 5.74) is 3.51. The highest BCUT2D eigenvalue weighted by atomic mass is 35.5. The number of ether oxygens (including phenoxy) is 2. The van der Waals surface area contributed by atoms with Crippen LogP contribution in [0.3, 0.4) is 0 Å². The molecule has 1 amide bonds. The summed E-state index contributed by atoms with van der Waals surface area (Å²) in [6.07, 6.45) is 0. The van der Waals surface area contributed by atoms with Crippen LogP contribution in [-0.4, -0.2) is 25.6 Å². The van der Waals surface area contributed by atoms with Crippen LogP contribution >= 0.6 is 11.6 Å². The summed E-state index contributed by atoms with van der Waals surface area (Å²) in [4.78, 5) is 24.3. The van der Waals surface area contributed by atoms with Gasteiger partial charge in [0, 0.05) is 5.02 Å². The third kappa shape index (κ3) is 4.99. The SMILES string of the molecule is COc1ccc(Cl)cc1C(=O)OCC(=O)N[C@@H](C)c1ccc(C)c(C)c1. The Bertz CT molecular complexity index is 819. The molecule has 0 aliphatic carbocycles. The third-order valence-electron chi connectivity index (χ3n) is 4.12. The fourth-order valence-electron chi connectivity index (χ4n) is 2.45. The number of amides is 1. The van der Waals surface area contributed by atoms with Crippen LogP contribution < -0.4 is 10.1 Å². The molecule has 0 unspecified atom stereocenters. The smallest absolute Gasteiger partial charge is 0.342 e. The number of aryl methyl sites for hydroxylation is 2. The van der Waals surface area contributed by atoms with Crippen molar-refractivity contribution in [2.75, 3.05) is 13.7 Å². The summed E-state index contributed by atoms with van der Waals surface area (Å²) in [7, 11) is 1.44. The number of benzene rings is 2. The van der Waals surface area contributed by atoms with Crippen molar-refractivity contribution < 1.29 is 19.1 Å². The first kappa shape index (κ1) is 19.8. The van der Waals surface area contributed by atoms with E-state index in [9.17, 15) is 9.59 Å². The Morgan fingerprint density at radius 2 is 1.85 bits per heavy atom. The van der Waals surface area contributed by atoms with Gasteiger partial charge in [0.1, 0.15) is 11.3 Å². The van der Waals surface area contributed by atoms with E-state index in [4.69, 9.17) is 21.1 Å². The number of carbonyl (C=O) groups excluding carboxylic acids is 2. The zero-order valence-electron chi connectivity index (χ0n) is 15.3. The van der Waals surface area contributed by atoms with Gasteiger partial charge in [-0.2, -0.15) is 0 Å². The maximum atomic E-state index is 12.2. The second kappa shape index (κ2) is 8.72. The number of hydrogen-bond donors (Lipinski definition) is 1. The minimum Gasteiger partial charge on any atom is -0.496 e. The summed E-state index contributed by atoms with van der Waals surface area (Å²) in [6.45, 7) is 5.55. The maximum absolute atomic E-state index is 12.2. The summed E-state index contributed by atoms with van der Waals surface area (Å²) in [5.74, 6) is -0.716. The van der Waals surface area contributed by atoms with Crippen molar-refractivity contribution in [2.24, 2.45) is 0 Å². The Hall–Kier alpha value is -2.53. The number of nitrogens with one attached hydrogen (secondary N) is 1. The molecule has 0 radical (unpaired) electrons. The lowest BCUT2D eigenvalue weighted by Gasteiger charge is -2.16. The van der Waals surface area contributed by atoms with Crippen LogP contribution in [0.15, 0.2) is 36.4 Å². The van der Waals surface area contributed by atoms with E-state index in [1.165, 1.54) is 18.7 Å². The van der Waals surface area contributed by atoms with Crippen molar-refractivity contribution in [1.82, 2.24) is 5.32 Å². The first-order valence-electron chi connectivity index (χ1n) is 8.19. The predicted molar refractivity (Wildman–Crippen MR) is 101 cm³/mol. The topological polar surface area (TPSA) is 64.6 Å². The Kier molecular flexibility index (Phi) is 6.64. The highest BCUT2D eigenvalue weighted by Gasteiger charge is 2.17. The molecule has 2 aromatic carbocycles. The highest BCUT2D eigenvalue weighted by Crippen LogP contribution is 2.23.